The van der Waals surface area contributed by atoms with Crippen molar-refractivity contribution in [2.24, 2.45) is 5.73 Å². The van der Waals surface area contributed by atoms with Crippen LogP contribution in [0.5, 0.6) is 0 Å². The number of pyridine rings is 1. The number of fused-ring (bicyclic) bond motifs is 1. The fraction of sp³-hybridized carbons (Fsp3) is 0.267. The second-order valence-electron chi connectivity index (χ2n) is 4.72. The maximum Gasteiger partial charge on any atom is 0.226 e. The van der Waals surface area contributed by atoms with Gasteiger partial charge < -0.3 is 10.3 Å². The van der Waals surface area contributed by atoms with E-state index in [1.54, 1.807) is 6.20 Å². The van der Waals surface area contributed by atoms with Gasteiger partial charge in [-0.3, -0.25) is 4.98 Å². The van der Waals surface area contributed by atoms with Gasteiger partial charge in [-0.15, -0.1) is 0 Å². The summed E-state index contributed by atoms with van der Waals surface area (Å²) in [5, 5.41) is 6.10. The molecule has 0 fully saturated rings. The molecule has 1 atom stereocenters. The van der Waals surface area contributed by atoms with Crippen molar-refractivity contribution >= 4 is 10.8 Å². The minimum atomic E-state index is -0.428. The smallest absolute Gasteiger partial charge is 0.226 e. The summed E-state index contributed by atoms with van der Waals surface area (Å²) >= 11 is 0. The third-order valence-electron chi connectivity index (χ3n) is 3.26. The molecule has 0 spiro atoms. The molecule has 2 aromatic heterocycles. The Hall–Kier alpha value is -2.27. The molecule has 1 unspecified atom stereocenters. The summed E-state index contributed by atoms with van der Waals surface area (Å²) in [4.78, 5) is 8.59. The minimum Gasteiger partial charge on any atom is -0.339 e. The van der Waals surface area contributed by atoms with Crippen LogP contribution in [-0.4, -0.2) is 15.1 Å². The first-order valence-corrected chi connectivity index (χ1v) is 6.70. The maximum absolute atomic E-state index is 6.27. The van der Waals surface area contributed by atoms with E-state index in [4.69, 9.17) is 10.3 Å². The van der Waals surface area contributed by atoms with Crippen molar-refractivity contribution in [3.63, 3.8) is 0 Å². The third kappa shape index (κ3) is 2.28. The topological polar surface area (TPSA) is 77.8 Å². The molecule has 0 saturated heterocycles. The zero-order chi connectivity index (χ0) is 13.9. The normalized spacial score (nSPS) is 12.7. The number of hydrogen-bond donors (Lipinski definition) is 1. The molecule has 0 aliphatic carbocycles. The van der Waals surface area contributed by atoms with Crippen LogP contribution >= 0.6 is 0 Å². The van der Waals surface area contributed by atoms with E-state index < -0.39 is 6.04 Å². The van der Waals surface area contributed by atoms with Crippen molar-refractivity contribution in [3.8, 4) is 0 Å². The monoisotopic (exact) mass is 268 g/mol. The number of nitrogens with zero attached hydrogens (tertiary/aromatic N) is 3. The SMILES string of the molecule is CCCc1nc(C(N)c2cncc3ccccc23)no1. The molecule has 0 radical (unpaired) electrons. The lowest BCUT2D eigenvalue weighted by molar-refractivity contribution is 0.370. The first-order valence-electron chi connectivity index (χ1n) is 6.70. The molecule has 5 heteroatoms. The van der Waals surface area contributed by atoms with E-state index in [0.717, 1.165) is 29.2 Å². The third-order valence-corrected chi connectivity index (χ3v) is 3.26. The van der Waals surface area contributed by atoms with Gasteiger partial charge in [0.2, 0.25) is 5.89 Å². The predicted octanol–water partition coefficient (Wildman–Crippen LogP) is 2.62. The molecular formula is C15H16N4O. The highest BCUT2D eigenvalue weighted by Crippen LogP contribution is 2.25. The zero-order valence-corrected chi connectivity index (χ0v) is 11.3. The van der Waals surface area contributed by atoms with Crippen molar-refractivity contribution in [1.82, 2.24) is 15.1 Å². The van der Waals surface area contributed by atoms with E-state index in [9.17, 15) is 0 Å². The number of benzene rings is 1. The molecule has 0 amide bonds. The lowest BCUT2D eigenvalue weighted by Crippen LogP contribution is -2.14. The van der Waals surface area contributed by atoms with Gasteiger partial charge in [0.25, 0.3) is 0 Å². The lowest BCUT2D eigenvalue weighted by atomic mass is 10.0. The summed E-state index contributed by atoms with van der Waals surface area (Å²) in [5.41, 5.74) is 7.18. The van der Waals surface area contributed by atoms with E-state index in [0.29, 0.717) is 11.7 Å². The average Bonchev–Trinajstić information content (AvgIpc) is 2.95. The summed E-state index contributed by atoms with van der Waals surface area (Å²) in [5.74, 6) is 1.14. The molecule has 5 nitrogen and oxygen atoms in total. The van der Waals surface area contributed by atoms with Crippen molar-refractivity contribution in [2.45, 2.75) is 25.8 Å². The van der Waals surface area contributed by atoms with E-state index in [-0.39, 0.29) is 0 Å². The fourth-order valence-corrected chi connectivity index (χ4v) is 2.24. The van der Waals surface area contributed by atoms with Crippen LogP contribution in [-0.2, 0) is 6.42 Å². The molecular weight excluding hydrogens is 252 g/mol. The largest absolute Gasteiger partial charge is 0.339 e. The minimum absolute atomic E-state index is 0.428. The highest BCUT2D eigenvalue weighted by Gasteiger charge is 2.18. The standard InChI is InChI=1S/C15H16N4O/c1-2-5-13-18-15(19-20-13)14(16)12-9-17-8-10-6-3-4-7-11(10)12/h3-4,6-9,14H,2,5,16H2,1H3. The molecule has 2 heterocycles. The van der Waals surface area contributed by atoms with E-state index >= 15 is 0 Å². The number of hydrogen-bond acceptors (Lipinski definition) is 5. The highest BCUT2D eigenvalue weighted by molar-refractivity contribution is 5.85. The van der Waals surface area contributed by atoms with Crippen LogP contribution in [0.3, 0.4) is 0 Å². The summed E-state index contributed by atoms with van der Waals surface area (Å²) in [6.45, 7) is 2.07. The molecule has 102 valence electrons. The Morgan fingerprint density at radius 1 is 1.25 bits per heavy atom. The molecule has 0 bridgehead atoms. The second kappa shape index (κ2) is 5.38. The Kier molecular flexibility index (Phi) is 3.43. The van der Waals surface area contributed by atoms with Crippen LogP contribution in [0, 0.1) is 0 Å². The van der Waals surface area contributed by atoms with Crippen molar-refractivity contribution in [2.75, 3.05) is 0 Å². The number of rotatable bonds is 4. The molecule has 3 aromatic rings. The summed E-state index contributed by atoms with van der Waals surface area (Å²) in [6, 6.07) is 7.57. The summed E-state index contributed by atoms with van der Waals surface area (Å²) in [6.07, 6.45) is 5.33. The van der Waals surface area contributed by atoms with Crippen molar-refractivity contribution in [3.05, 3.63) is 53.9 Å². The molecule has 0 aliphatic heterocycles. The number of nitrogens with two attached hydrogens (primary N) is 1. The van der Waals surface area contributed by atoms with Crippen LogP contribution in [0.2, 0.25) is 0 Å². The van der Waals surface area contributed by atoms with Gasteiger partial charge in [-0.05, 0) is 11.8 Å². The average molecular weight is 268 g/mol. The molecule has 0 saturated carbocycles. The van der Waals surface area contributed by atoms with E-state index in [2.05, 4.69) is 22.0 Å². The van der Waals surface area contributed by atoms with Gasteiger partial charge in [0.15, 0.2) is 5.82 Å². The van der Waals surface area contributed by atoms with Gasteiger partial charge >= 0.3 is 0 Å². The Morgan fingerprint density at radius 3 is 2.95 bits per heavy atom. The number of aryl methyl sites for hydroxylation is 1. The van der Waals surface area contributed by atoms with E-state index in [1.165, 1.54) is 0 Å². The Balaban J connectivity index is 2.01. The summed E-state index contributed by atoms with van der Waals surface area (Å²) in [7, 11) is 0. The Morgan fingerprint density at radius 2 is 2.10 bits per heavy atom. The van der Waals surface area contributed by atoms with Crippen LogP contribution in [0.15, 0.2) is 41.2 Å². The van der Waals surface area contributed by atoms with Crippen molar-refractivity contribution in [1.29, 1.82) is 0 Å². The van der Waals surface area contributed by atoms with Crippen LogP contribution < -0.4 is 5.73 Å². The van der Waals surface area contributed by atoms with E-state index in [1.807, 2.05) is 30.5 Å². The van der Waals surface area contributed by atoms with Crippen LogP contribution in [0.1, 0.15) is 36.7 Å². The van der Waals surface area contributed by atoms with Gasteiger partial charge in [-0.2, -0.15) is 4.98 Å². The molecule has 3 rings (SSSR count). The number of aromatic nitrogens is 3. The van der Waals surface area contributed by atoms with Gasteiger partial charge in [-0.25, -0.2) is 0 Å². The Labute approximate surface area is 116 Å². The summed E-state index contributed by atoms with van der Waals surface area (Å²) < 4.78 is 5.20. The van der Waals surface area contributed by atoms with Gasteiger partial charge in [-0.1, -0.05) is 36.3 Å². The second-order valence-corrected chi connectivity index (χ2v) is 4.72. The van der Waals surface area contributed by atoms with Gasteiger partial charge in [0.1, 0.15) is 0 Å². The van der Waals surface area contributed by atoms with Crippen LogP contribution in [0.4, 0.5) is 0 Å². The zero-order valence-electron chi connectivity index (χ0n) is 11.3. The lowest BCUT2D eigenvalue weighted by Gasteiger charge is -2.10. The molecule has 0 aliphatic rings. The highest BCUT2D eigenvalue weighted by atomic mass is 16.5. The van der Waals surface area contributed by atoms with Gasteiger partial charge in [0, 0.05) is 29.8 Å². The van der Waals surface area contributed by atoms with Crippen LogP contribution in [0.25, 0.3) is 10.8 Å². The van der Waals surface area contributed by atoms with Crippen molar-refractivity contribution < 1.29 is 4.52 Å². The first-order chi connectivity index (χ1) is 9.79. The van der Waals surface area contributed by atoms with Gasteiger partial charge in [0.05, 0.1) is 6.04 Å². The predicted molar refractivity (Wildman–Crippen MR) is 76.1 cm³/mol. The quantitative estimate of drug-likeness (QED) is 0.787. The maximum atomic E-state index is 6.27. The Bertz CT molecular complexity index is 717. The fourth-order valence-electron chi connectivity index (χ4n) is 2.24. The first kappa shape index (κ1) is 12.7. The molecule has 1 aromatic carbocycles. The molecule has 20 heavy (non-hydrogen) atoms. The molecule has 2 N–H and O–H groups in total.